The Morgan fingerprint density at radius 2 is 1.95 bits per heavy atom. The Kier molecular flexibility index (Phi) is 8.94. The number of hydrogen-bond acceptors (Lipinski definition) is 8. The lowest BCUT2D eigenvalue weighted by Gasteiger charge is -2.26. The van der Waals surface area contributed by atoms with Gasteiger partial charge >= 0.3 is 5.97 Å². The maximum atomic E-state index is 14.0. The molecular formula is C31H34N2O6S. The minimum Gasteiger partial charge on any atom is -0.504 e. The van der Waals surface area contributed by atoms with Crippen LogP contribution < -0.4 is 24.4 Å². The van der Waals surface area contributed by atoms with E-state index in [2.05, 4.69) is 11.6 Å². The second kappa shape index (κ2) is 12.4. The molecule has 1 aliphatic heterocycles. The molecule has 40 heavy (non-hydrogen) atoms. The number of phenolic OH excluding ortho intramolecular Hbond substituents is 1. The summed E-state index contributed by atoms with van der Waals surface area (Å²) >= 11 is 1.23. The molecule has 8 nitrogen and oxygen atoms in total. The molecule has 0 radical (unpaired) electrons. The number of carbonyl (C=O) groups is 1. The Hall–Kier alpha value is -4.11. The number of ether oxygens (including phenoxy) is 3. The Morgan fingerprint density at radius 1 is 1.20 bits per heavy atom. The summed E-state index contributed by atoms with van der Waals surface area (Å²) < 4.78 is 19.1. The molecule has 0 bridgehead atoms. The van der Waals surface area contributed by atoms with E-state index in [0.29, 0.717) is 56.2 Å². The Morgan fingerprint density at radius 3 is 2.62 bits per heavy atom. The third kappa shape index (κ3) is 5.74. The van der Waals surface area contributed by atoms with E-state index in [1.807, 2.05) is 45.0 Å². The fourth-order valence-corrected chi connectivity index (χ4v) is 5.70. The van der Waals surface area contributed by atoms with Crippen LogP contribution in [0.2, 0.25) is 0 Å². The van der Waals surface area contributed by atoms with E-state index in [4.69, 9.17) is 14.2 Å². The molecule has 0 amide bonds. The number of nitrogens with zero attached hydrogens (tertiary/aromatic N) is 2. The molecule has 3 aromatic rings. The van der Waals surface area contributed by atoms with Crippen LogP contribution in [-0.4, -0.2) is 35.0 Å². The van der Waals surface area contributed by atoms with Crippen LogP contribution in [0.4, 0.5) is 0 Å². The van der Waals surface area contributed by atoms with E-state index in [1.54, 1.807) is 38.1 Å². The van der Waals surface area contributed by atoms with Crippen LogP contribution in [0.25, 0.3) is 6.08 Å². The molecule has 210 valence electrons. The fraction of sp³-hybridized carbons (Fsp3) is 0.323. The minimum absolute atomic E-state index is 0.0526. The molecule has 0 unspecified atom stereocenters. The lowest BCUT2D eigenvalue weighted by molar-refractivity contribution is -0.139. The van der Waals surface area contributed by atoms with Gasteiger partial charge in [0.25, 0.3) is 5.56 Å². The summed E-state index contributed by atoms with van der Waals surface area (Å²) in [6.07, 6.45) is 3.75. The number of hydrogen-bond donors (Lipinski definition) is 1. The van der Waals surface area contributed by atoms with Crippen molar-refractivity contribution in [3.63, 3.8) is 0 Å². The van der Waals surface area contributed by atoms with Crippen LogP contribution in [0, 0.1) is 0 Å². The number of esters is 1. The van der Waals surface area contributed by atoms with Gasteiger partial charge in [0, 0.05) is 11.1 Å². The topological polar surface area (TPSA) is 99.4 Å². The van der Waals surface area contributed by atoms with Crippen molar-refractivity contribution in [2.24, 2.45) is 4.99 Å². The second-order valence-electron chi connectivity index (χ2n) is 9.46. The molecule has 1 N–H and O–H groups in total. The number of benzene rings is 2. The van der Waals surface area contributed by atoms with Crippen molar-refractivity contribution < 1.29 is 24.1 Å². The first-order chi connectivity index (χ1) is 19.2. The van der Waals surface area contributed by atoms with Gasteiger partial charge in [0.15, 0.2) is 16.3 Å². The number of phenols is 1. The van der Waals surface area contributed by atoms with Gasteiger partial charge in [-0.15, -0.1) is 6.58 Å². The zero-order chi connectivity index (χ0) is 29.0. The number of fused-ring (bicyclic) bond motifs is 1. The molecule has 0 fully saturated rings. The maximum absolute atomic E-state index is 14.0. The molecule has 0 saturated carbocycles. The third-order valence-corrected chi connectivity index (χ3v) is 7.21. The van der Waals surface area contributed by atoms with Crippen LogP contribution in [0.15, 0.2) is 70.1 Å². The first kappa shape index (κ1) is 28.9. The molecule has 4 rings (SSSR count). The first-order valence-corrected chi connectivity index (χ1v) is 14.1. The van der Waals surface area contributed by atoms with Gasteiger partial charge in [-0.2, -0.15) is 0 Å². The highest BCUT2D eigenvalue weighted by atomic mass is 32.1. The predicted molar refractivity (Wildman–Crippen MR) is 156 cm³/mol. The van der Waals surface area contributed by atoms with E-state index in [0.717, 1.165) is 0 Å². The highest BCUT2D eigenvalue weighted by molar-refractivity contribution is 7.07. The fourth-order valence-electron chi connectivity index (χ4n) is 4.65. The van der Waals surface area contributed by atoms with Crippen molar-refractivity contribution >= 4 is 23.4 Å². The summed E-state index contributed by atoms with van der Waals surface area (Å²) in [5, 5.41) is 10.6. The Labute approximate surface area is 237 Å². The van der Waals surface area contributed by atoms with Crippen LogP contribution in [-0.2, 0) is 16.0 Å². The van der Waals surface area contributed by atoms with Gasteiger partial charge in [-0.25, -0.2) is 9.79 Å². The molecule has 1 aromatic heterocycles. The molecule has 0 aliphatic carbocycles. The quantitative estimate of drug-likeness (QED) is 0.290. The number of aromatic hydroxyl groups is 1. The average molecular weight is 563 g/mol. The monoisotopic (exact) mass is 562 g/mol. The normalized spacial score (nSPS) is 15.1. The van der Waals surface area contributed by atoms with Crippen molar-refractivity contribution in [2.75, 3.05) is 13.2 Å². The van der Waals surface area contributed by atoms with Crippen LogP contribution in [0.5, 0.6) is 17.2 Å². The van der Waals surface area contributed by atoms with Crippen molar-refractivity contribution in [3.05, 3.63) is 96.7 Å². The van der Waals surface area contributed by atoms with Gasteiger partial charge in [0.2, 0.25) is 0 Å². The van der Waals surface area contributed by atoms with E-state index < -0.39 is 12.0 Å². The first-order valence-electron chi connectivity index (χ1n) is 13.2. The summed E-state index contributed by atoms with van der Waals surface area (Å²) in [5.74, 6) is 0.426. The van der Waals surface area contributed by atoms with Gasteiger partial charge in [0.05, 0.1) is 35.1 Å². The van der Waals surface area contributed by atoms with Crippen LogP contribution in [0.1, 0.15) is 57.4 Å². The highest BCUT2D eigenvalue weighted by Crippen LogP contribution is 2.36. The van der Waals surface area contributed by atoms with E-state index in [-0.39, 0.29) is 29.6 Å². The highest BCUT2D eigenvalue weighted by Gasteiger charge is 2.35. The van der Waals surface area contributed by atoms with Gasteiger partial charge in [0.1, 0.15) is 11.8 Å². The minimum atomic E-state index is -0.789. The third-order valence-electron chi connectivity index (χ3n) is 6.23. The summed E-state index contributed by atoms with van der Waals surface area (Å²) in [5.41, 5.74) is 2.45. The van der Waals surface area contributed by atoms with E-state index in [1.165, 1.54) is 15.9 Å². The van der Waals surface area contributed by atoms with Gasteiger partial charge in [-0.3, -0.25) is 9.36 Å². The van der Waals surface area contributed by atoms with Crippen molar-refractivity contribution in [1.82, 2.24) is 4.57 Å². The lowest BCUT2D eigenvalue weighted by atomic mass is 9.95. The predicted octanol–water partition coefficient (Wildman–Crippen LogP) is 4.42. The van der Waals surface area contributed by atoms with Crippen molar-refractivity contribution in [2.45, 2.75) is 53.2 Å². The molecule has 0 saturated heterocycles. The largest absolute Gasteiger partial charge is 0.504 e. The lowest BCUT2D eigenvalue weighted by Crippen LogP contribution is -2.40. The maximum Gasteiger partial charge on any atom is 0.338 e. The molecule has 9 heteroatoms. The molecule has 2 heterocycles. The molecule has 2 aromatic carbocycles. The Balaban J connectivity index is 1.97. The smallest absolute Gasteiger partial charge is 0.338 e. The number of thiazole rings is 1. The standard InChI is InChI=1S/C31H34N2O6S/c1-7-12-21-15-20(16-24(28(21)34)37-8-2)17-25-29(35)33-27(22-13-10-11-14-23(22)39-18(4)5)26(30(36)38-9-3)19(6)32-31(33)40-25/h7,10-11,13-18,27,34H,1,8-9,12H2,2-6H3/b25-17+/t27-/m0/s1. The summed E-state index contributed by atoms with van der Waals surface area (Å²) in [6.45, 7) is 13.5. The molecule has 1 aliphatic rings. The molecule has 0 spiro atoms. The number of para-hydroxylation sites is 1. The average Bonchev–Trinajstić information content (AvgIpc) is 3.20. The van der Waals surface area contributed by atoms with Gasteiger partial charge in [-0.1, -0.05) is 35.6 Å². The van der Waals surface area contributed by atoms with Crippen LogP contribution >= 0.6 is 11.3 Å². The summed E-state index contributed by atoms with van der Waals surface area (Å²) in [6, 6.07) is 10.1. The zero-order valence-electron chi connectivity index (χ0n) is 23.4. The van der Waals surface area contributed by atoms with Gasteiger partial charge < -0.3 is 19.3 Å². The summed E-state index contributed by atoms with van der Waals surface area (Å²) in [7, 11) is 0. The van der Waals surface area contributed by atoms with E-state index in [9.17, 15) is 14.7 Å². The number of allylic oxidation sites excluding steroid dienone is 2. The van der Waals surface area contributed by atoms with Crippen LogP contribution in [0.3, 0.4) is 0 Å². The Bertz CT molecular complexity index is 1650. The molecule has 1 atom stereocenters. The number of carbonyl (C=O) groups excluding carboxylic acids is 1. The SMILES string of the molecule is C=CCc1cc(/C=c2/sc3n(c2=O)[C@@H](c2ccccc2OC(C)C)C(C(=O)OCC)=C(C)N=3)cc(OCC)c1O. The van der Waals surface area contributed by atoms with Gasteiger partial charge in [-0.05, 0) is 70.9 Å². The number of rotatable bonds is 10. The van der Waals surface area contributed by atoms with Crippen molar-refractivity contribution in [1.29, 1.82) is 0 Å². The second-order valence-corrected chi connectivity index (χ2v) is 10.5. The zero-order valence-corrected chi connectivity index (χ0v) is 24.2. The van der Waals surface area contributed by atoms with Crippen molar-refractivity contribution in [3.8, 4) is 17.2 Å². The number of aromatic nitrogens is 1. The summed E-state index contributed by atoms with van der Waals surface area (Å²) in [4.78, 5) is 32.4. The molecular weight excluding hydrogens is 528 g/mol. The van der Waals surface area contributed by atoms with E-state index >= 15 is 0 Å².